The van der Waals surface area contributed by atoms with Gasteiger partial charge in [-0.1, -0.05) is 20.8 Å². The van der Waals surface area contributed by atoms with Crippen LogP contribution in [0.15, 0.2) is 12.1 Å². The Morgan fingerprint density at radius 2 is 2.26 bits per heavy atom. The molecule has 3 nitrogen and oxygen atoms in total. The Morgan fingerprint density at radius 3 is 2.89 bits per heavy atom. The molecule has 0 saturated carbocycles. The van der Waals surface area contributed by atoms with Crippen LogP contribution in [-0.2, 0) is 10.6 Å². The van der Waals surface area contributed by atoms with Gasteiger partial charge >= 0.3 is 0 Å². The molecule has 0 aliphatic carbocycles. The van der Waals surface area contributed by atoms with Crippen LogP contribution in [0.5, 0.6) is 0 Å². The molecule has 0 spiro atoms. The highest BCUT2D eigenvalue weighted by Crippen LogP contribution is 2.24. The van der Waals surface area contributed by atoms with Gasteiger partial charge in [0.05, 0.1) is 19.3 Å². The lowest BCUT2D eigenvalue weighted by Gasteiger charge is -2.36. The van der Waals surface area contributed by atoms with Gasteiger partial charge in [0.1, 0.15) is 5.82 Å². The molecule has 106 valence electrons. The van der Waals surface area contributed by atoms with Gasteiger partial charge in [0.2, 0.25) is 0 Å². The molecule has 1 aliphatic rings. The normalized spacial score (nSPS) is 20.1. The minimum Gasteiger partial charge on any atom is -0.377 e. The highest BCUT2D eigenvalue weighted by molar-refractivity contribution is 6.17. The van der Waals surface area contributed by atoms with Crippen molar-refractivity contribution in [3.05, 3.63) is 23.4 Å². The van der Waals surface area contributed by atoms with Gasteiger partial charge in [0, 0.05) is 18.1 Å². The average Bonchev–Trinajstić information content (AvgIpc) is 2.46. The molecule has 0 bridgehead atoms. The Balaban J connectivity index is 2.33. The molecule has 1 aliphatic heterocycles. The molecular weight excluding hydrogens is 260 g/mol. The van der Waals surface area contributed by atoms with Crippen LogP contribution in [0, 0.1) is 0 Å². The van der Waals surface area contributed by atoms with E-state index < -0.39 is 0 Å². The van der Waals surface area contributed by atoms with Crippen LogP contribution in [0.2, 0.25) is 0 Å². The Hall–Kier alpha value is -0.800. The van der Waals surface area contributed by atoms with Gasteiger partial charge in [-0.15, -0.1) is 11.6 Å². The number of nitrogens with zero attached hydrogens (tertiary/aromatic N) is 2. The quantitative estimate of drug-likeness (QED) is 0.790. The standard InChI is InChI=1S/C15H23ClN2O/c1-4-13-10-19-6-5-18(13)15-8-12(9-16)7-14(17-15)11(2)3/h7-8,11,13H,4-6,9-10H2,1-3H3. The fourth-order valence-corrected chi connectivity index (χ4v) is 2.56. The highest BCUT2D eigenvalue weighted by atomic mass is 35.5. The van der Waals surface area contributed by atoms with E-state index >= 15 is 0 Å². The first-order chi connectivity index (χ1) is 9.15. The maximum Gasteiger partial charge on any atom is 0.129 e. The van der Waals surface area contributed by atoms with Crippen LogP contribution in [0.25, 0.3) is 0 Å². The molecule has 0 N–H and O–H groups in total. The first kappa shape index (κ1) is 14.6. The third-order valence-corrected chi connectivity index (χ3v) is 3.94. The van der Waals surface area contributed by atoms with E-state index in [1.807, 2.05) is 0 Å². The van der Waals surface area contributed by atoms with Crippen LogP contribution in [0.3, 0.4) is 0 Å². The molecule has 19 heavy (non-hydrogen) atoms. The second-order valence-corrected chi connectivity index (χ2v) is 5.64. The van der Waals surface area contributed by atoms with Crippen LogP contribution < -0.4 is 4.90 Å². The molecule has 0 radical (unpaired) electrons. The predicted molar refractivity (Wildman–Crippen MR) is 80.1 cm³/mol. The third kappa shape index (κ3) is 3.40. The fraction of sp³-hybridized carbons (Fsp3) is 0.667. The summed E-state index contributed by atoms with van der Waals surface area (Å²) < 4.78 is 5.56. The summed E-state index contributed by atoms with van der Waals surface area (Å²) in [5.41, 5.74) is 2.27. The summed E-state index contributed by atoms with van der Waals surface area (Å²) in [4.78, 5) is 7.18. The zero-order valence-electron chi connectivity index (χ0n) is 12.0. The van der Waals surface area contributed by atoms with Gasteiger partial charge in [0.15, 0.2) is 0 Å². The number of alkyl halides is 1. The molecule has 1 fully saturated rings. The SMILES string of the molecule is CCC1COCCN1c1cc(CCl)cc(C(C)C)n1. The van der Waals surface area contributed by atoms with E-state index in [1.54, 1.807) is 0 Å². The Morgan fingerprint density at radius 1 is 1.47 bits per heavy atom. The largest absolute Gasteiger partial charge is 0.377 e. The van der Waals surface area contributed by atoms with Crippen molar-refractivity contribution in [1.29, 1.82) is 0 Å². The molecule has 2 heterocycles. The molecule has 1 atom stereocenters. The molecular formula is C15H23ClN2O. The number of anilines is 1. The van der Waals surface area contributed by atoms with Gasteiger partial charge in [-0.3, -0.25) is 0 Å². The van der Waals surface area contributed by atoms with E-state index in [1.165, 1.54) is 0 Å². The van der Waals surface area contributed by atoms with Crippen molar-refractivity contribution in [2.75, 3.05) is 24.7 Å². The molecule has 0 aromatic carbocycles. The number of ether oxygens (including phenoxy) is 1. The lowest BCUT2D eigenvalue weighted by atomic mass is 10.1. The monoisotopic (exact) mass is 282 g/mol. The van der Waals surface area contributed by atoms with E-state index in [0.717, 1.165) is 43.3 Å². The number of aromatic nitrogens is 1. The van der Waals surface area contributed by atoms with Crippen LogP contribution in [0.4, 0.5) is 5.82 Å². The molecule has 4 heteroatoms. The van der Waals surface area contributed by atoms with Crippen molar-refractivity contribution in [2.45, 2.75) is 45.0 Å². The van der Waals surface area contributed by atoms with Crippen LogP contribution in [-0.4, -0.2) is 30.8 Å². The second kappa shape index (κ2) is 6.58. The average molecular weight is 283 g/mol. The van der Waals surface area contributed by atoms with Crippen molar-refractivity contribution in [1.82, 2.24) is 4.98 Å². The zero-order valence-corrected chi connectivity index (χ0v) is 12.8. The van der Waals surface area contributed by atoms with Gasteiger partial charge < -0.3 is 9.64 Å². The van der Waals surface area contributed by atoms with Crippen LogP contribution in [0.1, 0.15) is 44.4 Å². The second-order valence-electron chi connectivity index (χ2n) is 5.38. The van der Waals surface area contributed by atoms with Crippen molar-refractivity contribution in [2.24, 2.45) is 0 Å². The van der Waals surface area contributed by atoms with Crippen molar-refractivity contribution >= 4 is 17.4 Å². The molecule has 2 rings (SSSR count). The summed E-state index contributed by atoms with van der Waals surface area (Å²) >= 11 is 6.01. The van der Waals surface area contributed by atoms with Gasteiger partial charge in [-0.25, -0.2) is 4.98 Å². The Bertz CT molecular complexity index is 423. The highest BCUT2D eigenvalue weighted by Gasteiger charge is 2.23. The Kier molecular flexibility index (Phi) is 5.06. The first-order valence-electron chi connectivity index (χ1n) is 7.07. The number of morpholine rings is 1. The number of halogens is 1. The smallest absolute Gasteiger partial charge is 0.129 e. The number of pyridine rings is 1. The summed E-state index contributed by atoms with van der Waals surface area (Å²) in [6, 6.07) is 4.65. The van der Waals surface area contributed by atoms with Crippen molar-refractivity contribution in [3.63, 3.8) is 0 Å². The maximum absolute atomic E-state index is 6.01. The lowest BCUT2D eigenvalue weighted by Crippen LogP contribution is -2.45. The third-order valence-electron chi connectivity index (χ3n) is 3.63. The van der Waals surface area contributed by atoms with Crippen molar-refractivity contribution in [3.8, 4) is 0 Å². The summed E-state index contributed by atoms with van der Waals surface area (Å²) in [7, 11) is 0. The van der Waals surface area contributed by atoms with E-state index in [0.29, 0.717) is 17.8 Å². The number of rotatable bonds is 4. The topological polar surface area (TPSA) is 25.4 Å². The van der Waals surface area contributed by atoms with E-state index in [9.17, 15) is 0 Å². The summed E-state index contributed by atoms with van der Waals surface area (Å²) in [6.07, 6.45) is 1.07. The number of hydrogen-bond acceptors (Lipinski definition) is 3. The Labute approximate surface area is 120 Å². The van der Waals surface area contributed by atoms with Crippen LogP contribution >= 0.6 is 11.6 Å². The van der Waals surface area contributed by atoms with Gasteiger partial charge in [0.25, 0.3) is 0 Å². The van der Waals surface area contributed by atoms with E-state index in [4.69, 9.17) is 21.3 Å². The van der Waals surface area contributed by atoms with E-state index in [2.05, 4.69) is 37.8 Å². The fourth-order valence-electron chi connectivity index (χ4n) is 2.41. The molecule has 1 saturated heterocycles. The minimum absolute atomic E-state index is 0.419. The summed E-state index contributed by atoms with van der Waals surface area (Å²) in [5.74, 6) is 2.01. The summed E-state index contributed by atoms with van der Waals surface area (Å²) in [5, 5.41) is 0. The van der Waals surface area contributed by atoms with Gasteiger partial charge in [-0.2, -0.15) is 0 Å². The van der Waals surface area contributed by atoms with E-state index in [-0.39, 0.29) is 0 Å². The maximum atomic E-state index is 6.01. The molecule has 1 unspecified atom stereocenters. The molecule has 1 aromatic rings. The zero-order chi connectivity index (χ0) is 13.8. The number of hydrogen-bond donors (Lipinski definition) is 0. The van der Waals surface area contributed by atoms with Crippen molar-refractivity contribution < 1.29 is 4.74 Å². The first-order valence-corrected chi connectivity index (χ1v) is 7.60. The lowest BCUT2D eigenvalue weighted by molar-refractivity contribution is 0.0925. The minimum atomic E-state index is 0.419. The predicted octanol–water partition coefficient (Wildman–Crippen LogP) is 3.56. The molecule has 1 aromatic heterocycles. The summed E-state index contributed by atoms with van der Waals surface area (Å²) in [6.45, 7) is 9.01. The van der Waals surface area contributed by atoms with Gasteiger partial charge in [-0.05, 0) is 30.0 Å². The molecule has 0 amide bonds.